The van der Waals surface area contributed by atoms with Gasteiger partial charge in [0.1, 0.15) is 5.52 Å². The molecular formula is C23H19Cl2NO. The number of nitrogens with zero attached hydrogens (tertiary/aromatic N) is 1. The normalized spacial score (nSPS) is 11.9. The number of benzene rings is 3. The molecule has 0 fully saturated rings. The first-order valence-electron chi connectivity index (χ1n) is 8.79. The Morgan fingerprint density at radius 2 is 1.52 bits per heavy atom. The van der Waals surface area contributed by atoms with Crippen LogP contribution in [0, 0.1) is 0 Å². The minimum absolute atomic E-state index is 0.0530. The van der Waals surface area contributed by atoms with Crippen molar-refractivity contribution in [3.05, 3.63) is 76.3 Å². The lowest BCUT2D eigenvalue weighted by molar-refractivity contribution is 0.590. The van der Waals surface area contributed by atoms with Crippen LogP contribution in [0.25, 0.3) is 33.7 Å². The summed E-state index contributed by atoms with van der Waals surface area (Å²) in [6.07, 6.45) is 0. The highest BCUT2D eigenvalue weighted by molar-refractivity contribution is 6.39. The number of oxazole rings is 1. The predicted molar refractivity (Wildman–Crippen MR) is 114 cm³/mol. The predicted octanol–water partition coefficient (Wildman–Crippen LogP) is 7.77. The topological polar surface area (TPSA) is 26.0 Å². The average molecular weight is 396 g/mol. The van der Waals surface area contributed by atoms with Crippen molar-refractivity contribution in [3.63, 3.8) is 0 Å². The van der Waals surface area contributed by atoms with E-state index in [1.165, 1.54) is 0 Å². The number of rotatable bonds is 2. The molecule has 1 aromatic heterocycles. The lowest BCUT2D eigenvalue weighted by Crippen LogP contribution is -2.11. The van der Waals surface area contributed by atoms with Crippen molar-refractivity contribution in [2.75, 3.05) is 0 Å². The van der Waals surface area contributed by atoms with Crippen molar-refractivity contribution >= 4 is 34.3 Å². The molecule has 0 aliphatic carbocycles. The first-order valence-corrected chi connectivity index (χ1v) is 9.55. The van der Waals surface area contributed by atoms with Gasteiger partial charge in [-0.3, -0.25) is 0 Å². The largest absolute Gasteiger partial charge is 0.435 e. The van der Waals surface area contributed by atoms with E-state index in [1.807, 2.05) is 48.5 Å². The van der Waals surface area contributed by atoms with Gasteiger partial charge in [0.25, 0.3) is 0 Å². The van der Waals surface area contributed by atoms with Crippen LogP contribution in [0.1, 0.15) is 26.3 Å². The fraction of sp³-hybridized carbons (Fsp3) is 0.174. The van der Waals surface area contributed by atoms with E-state index in [-0.39, 0.29) is 5.41 Å². The minimum Gasteiger partial charge on any atom is -0.435 e. The second-order valence-corrected chi connectivity index (χ2v) is 8.42. The van der Waals surface area contributed by atoms with Gasteiger partial charge in [-0.1, -0.05) is 68.2 Å². The van der Waals surface area contributed by atoms with Gasteiger partial charge in [0.05, 0.1) is 10.0 Å². The molecule has 4 rings (SSSR count). The Balaban J connectivity index is 2.05. The fourth-order valence-corrected chi connectivity index (χ4v) is 3.71. The van der Waals surface area contributed by atoms with Crippen LogP contribution in [0.2, 0.25) is 10.0 Å². The molecule has 0 amide bonds. The molecule has 0 spiro atoms. The highest BCUT2D eigenvalue weighted by atomic mass is 35.5. The molecule has 0 radical (unpaired) electrons. The van der Waals surface area contributed by atoms with Crippen molar-refractivity contribution in [1.29, 1.82) is 0 Å². The molecule has 0 atom stereocenters. The minimum atomic E-state index is -0.0530. The van der Waals surface area contributed by atoms with Gasteiger partial charge in [-0.15, -0.1) is 0 Å². The van der Waals surface area contributed by atoms with E-state index in [1.54, 1.807) is 0 Å². The maximum Gasteiger partial charge on any atom is 0.227 e. The van der Waals surface area contributed by atoms with Gasteiger partial charge < -0.3 is 4.42 Å². The lowest BCUT2D eigenvalue weighted by Gasteiger charge is -2.20. The summed E-state index contributed by atoms with van der Waals surface area (Å²) in [4.78, 5) is 4.75. The van der Waals surface area contributed by atoms with Crippen LogP contribution in [-0.4, -0.2) is 4.98 Å². The van der Waals surface area contributed by atoms with Crippen LogP contribution in [-0.2, 0) is 5.41 Å². The summed E-state index contributed by atoms with van der Waals surface area (Å²) < 4.78 is 6.19. The van der Waals surface area contributed by atoms with Gasteiger partial charge >= 0.3 is 0 Å². The summed E-state index contributed by atoms with van der Waals surface area (Å²) >= 11 is 13.0. The molecule has 0 saturated carbocycles. The SMILES string of the molecule is CC(C)(C)c1cc(-c2c(Cl)cccc2Cl)c2oc(-c3ccccc3)nc2c1. The highest BCUT2D eigenvalue weighted by Crippen LogP contribution is 2.42. The molecule has 0 saturated heterocycles. The summed E-state index contributed by atoms with van der Waals surface area (Å²) in [5.41, 5.74) is 5.15. The Morgan fingerprint density at radius 1 is 0.852 bits per heavy atom. The summed E-state index contributed by atoms with van der Waals surface area (Å²) in [6, 6.07) is 19.6. The molecule has 0 N–H and O–H groups in total. The molecule has 0 unspecified atom stereocenters. The maximum absolute atomic E-state index is 6.51. The summed E-state index contributed by atoms with van der Waals surface area (Å²) in [5, 5.41) is 1.18. The summed E-state index contributed by atoms with van der Waals surface area (Å²) in [7, 11) is 0. The molecule has 0 aliphatic heterocycles. The van der Waals surface area contributed by atoms with E-state index in [0.717, 1.165) is 27.8 Å². The average Bonchev–Trinajstić information content (AvgIpc) is 3.06. The van der Waals surface area contributed by atoms with E-state index >= 15 is 0 Å². The summed E-state index contributed by atoms with van der Waals surface area (Å²) in [5.74, 6) is 0.584. The van der Waals surface area contributed by atoms with Crippen LogP contribution < -0.4 is 0 Å². The Labute approximate surface area is 168 Å². The van der Waals surface area contributed by atoms with Crippen molar-refractivity contribution in [2.24, 2.45) is 0 Å². The Bertz CT molecular complexity index is 1100. The van der Waals surface area contributed by atoms with Crippen LogP contribution in [0.15, 0.2) is 65.1 Å². The first kappa shape index (κ1) is 18.1. The Morgan fingerprint density at radius 3 is 2.15 bits per heavy atom. The van der Waals surface area contributed by atoms with Crippen molar-refractivity contribution in [2.45, 2.75) is 26.2 Å². The third-order valence-electron chi connectivity index (χ3n) is 4.61. The van der Waals surface area contributed by atoms with Crippen LogP contribution >= 0.6 is 23.2 Å². The van der Waals surface area contributed by atoms with Gasteiger partial charge in [-0.2, -0.15) is 0 Å². The number of halogens is 2. The molecule has 4 aromatic rings. The Kier molecular flexibility index (Phi) is 4.49. The highest BCUT2D eigenvalue weighted by Gasteiger charge is 2.22. The van der Waals surface area contributed by atoms with Gasteiger partial charge in [0.15, 0.2) is 5.58 Å². The van der Waals surface area contributed by atoms with Gasteiger partial charge in [-0.25, -0.2) is 4.98 Å². The molecule has 3 aromatic carbocycles. The smallest absolute Gasteiger partial charge is 0.227 e. The number of fused-ring (bicyclic) bond motifs is 1. The fourth-order valence-electron chi connectivity index (χ4n) is 3.11. The molecule has 0 aliphatic rings. The molecule has 136 valence electrons. The second-order valence-electron chi connectivity index (χ2n) is 7.60. The number of hydrogen-bond acceptors (Lipinski definition) is 2. The molecular weight excluding hydrogens is 377 g/mol. The van der Waals surface area contributed by atoms with Crippen molar-refractivity contribution in [1.82, 2.24) is 4.98 Å². The third-order valence-corrected chi connectivity index (χ3v) is 5.24. The quantitative estimate of drug-likeness (QED) is 0.346. The van der Waals surface area contributed by atoms with E-state index in [2.05, 4.69) is 32.9 Å². The zero-order valence-electron chi connectivity index (χ0n) is 15.4. The lowest BCUT2D eigenvalue weighted by atomic mass is 9.85. The van der Waals surface area contributed by atoms with Crippen molar-refractivity contribution in [3.8, 4) is 22.6 Å². The standard InChI is InChI=1S/C23H19Cl2NO/c1-23(2,3)15-12-16(20-17(24)10-7-11-18(20)25)21-19(13-15)26-22(27-21)14-8-5-4-6-9-14/h4-13H,1-3H3. The zero-order valence-corrected chi connectivity index (χ0v) is 16.9. The third kappa shape index (κ3) is 3.36. The van der Waals surface area contributed by atoms with E-state index < -0.39 is 0 Å². The van der Waals surface area contributed by atoms with Crippen LogP contribution in [0.5, 0.6) is 0 Å². The first-order chi connectivity index (χ1) is 12.8. The molecule has 0 bridgehead atoms. The maximum atomic E-state index is 6.51. The van der Waals surface area contributed by atoms with Crippen LogP contribution in [0.4, 0.5) is 0 Å². The van der Waals surface area contributed by atoms with Gasteiger partial charge in [-0.05, 0) is 47.4 Å². The zero-order chi connectivity index (χ0) is 19.2. The monoisotopic (exact) mass is 395 g/mol. The van der Waals surface area contributed by atoms with E-state index in [9.17, 15) is 0 Å². The second kappa shape index (κ2) is 6.70. The van der Waals surface area contributed by atoms with Crippen LogP contribution in [0.3, 0.4) is 0 Å². The van der Waals surface area contributed by atoms with E-state index in [4.69, 9.17) is 32.6 Å². The van der Waals surface area contributed by atoms with Gasteiger partial charge in [0.2, 0.25) is 5.89 Å². The molecule has 1 heterocycles. The van der Waals surface area contributed by atoms with E-state index in [0.29, 0.717) is 21.5 Å². The summed E-state index contributed by atoms with van der Waals surface area (Å²) in [6.45, 7) is 6.51. The van der Waals surface area contributed by atoms with Gasteiger partial charge in [0, 0.05) is 16.7 Å². The number of hydrogen-bond donors (Lipinski definition) is 0. The molecule has 2 nitrogen and oxygen atoms in total. The van der Waals surface area contributed by atoms with Crippen molar-refractivity contribution < 1.29 is 4.42 Å². The molecule has 4 heteroatoms. The Hall–Kier alpha value is -2.29. The number of aromatic nitrogens is 1. The molecule has 27 heavy (non-hydrogen) atoms.